The van der Waals surface area contributed by atoms with Gasteiger partial charge < -0.3 is 14.2 Å². The van der Waals surface area contributed by atoms with E-state index in [1.54, 1.807) is 31.4 Å². The van der Waals surface area contributed by atoms with Crippen molar-refractivity contribution in [2.75, 3.05) is 33.6 Å². The van der Waals surface area contributed by atoms with Crippen LogP contribution < -0.4 is 14.2 Å². The van der Waals surface area contributed by atoms with E-state index in [0.29, 0.717) is 24.5 Å². The molecule has 4 rings (SSSR count). The van der Waals surface area contributed by atoms with Gasteiger partial charge in [-0.25, -0.2) is 13.1 Å². The molecule has 0 amide bonds. The predicted octanol–water partition coefficient (Wildman–Crippen LogP) is 3.27. The second kappa shape index (κ2) is 10.5. The van der Waals surface area contributed by atoms with E-state index in [9.17, 15) is 8.42 Å². The number of hydrogen-bond acceptors (Lipinski definition) is 7. The van der Waals surface area contributed by atoms with Gasteiger partial charge in [-0.05, 0) is 56.0 Å². The summed E-state index contributed by atoms with van der Waals surface area (Å²) in [5.74, 6) is 1.32. The third kappa shape index (κ3) is 5.85. The minimum Gasteiger partial charge on any atom is -0.454 e. The van der Waals surface area contributed by atoms with E-state index < -0.39 is 10.0 Å². The number of benzene rings is 2. The summed E-state index contributed by atoms with van der Waals surface area (Å²) in [5, 5.41) is 6.82. The fourth-order valence-electron chi connectivity index (χ4n) is 4.12. The number of rotatable bonds is 10. The Balaban J connectivity index is 1.48. The van der Waals surface area contributed by atoms with Crippen LogP contribution in [0.2, 0.25) is 0 Å². The molecule has 1 saturated heterocycles. The van der Waals surface area contributed by atoms with Crippen molar-refractivity contribution in [3.8, 4) is 11.5 Å². The van der Waals surface area contributed by atoms with Crippen LogP contribution in [0.4, 0.5) is 0 Å². The number of hydrazone groups is 1. The van der Waals surface area contributed by atoms with E-state index in [4.69, 9.17) is 19.3 Å². The van der Waals surface area contributed by atoms with Crippen LogP contribution in [0.5, 0.6) is 11.5 Å². The summed E-state index contributed by atoms with van der Waals surface area (Å²) in [6.07, 6.45) is 4.59. The normalized spacial score (nSPS) is 18.8. The highest BCUT2D eigenvalue weighted by Gasteiger charge is 2.24. The van der Waals surface area contributed by atoms with E-state index in [1.165, 1.54) is 0 Å². The highest BCUT2D eigenvalue weighted by atomic mass is 32.2. The first-order chi connectivity index (χ1) is 16.0. The third-order valence-corrected chi connectivity index (χ3v) is 7.48. The Morgan fingerprint density at radius 1 is 1.21 bits per heavy atom. The molecular formula is C24H31N3O5S. The van der Waals surface area contributed by atoms with Gasteiger partial charge in [-0.3, -0.25) is 5.01 Å². The van der Waals surface area contributed by atoms with Crippen molar-refractivity contribution in [1.29, 1.82) is 0 Å². The molecule has 9 heteroatoms. The quantitative estimate of drug-likeness (QED) is 0.533. The standard InChI is InChI=1S/C24H31N3O5S/c1-18-5-8-22(9-6-18)33(28,29)26-12-11-20(15-25-27-13-3-4-21(27)16-30-2)19-7-10-23-24(14-19)32-17-31-23/h5-10,14-15,20-21,26H,3-4,11-13,16-17H2,1-2H3/b25-15+/t20-,21-/m0/s1. The molecule has 1 fully saturated rings. The molecule has 33 heavy (non-hydrogen) atoms. The second-order valence-electron chi connectivity index (χ2n) is 8.40. The van der Waals surface area contributed by atoms with Gasteiger partial charge >= 0.3 is 0 Å². The summed E-state index contributed by atoms with van der Waals surface area (Å²) in [7, 11) is -1.87. The number of sulfonamides is 1. The van der Waals surface area contributed by atoms with Crippen LogP contribution in [-0.4, -0.2) is 59.3 Å². The van der Waals surface area contributed by atoms with E-state index in [0.717, 1.165) is 30.5 Å². The van der Waals surface area contributed by atoms with Crippen molar-refractivity contribution in [3.05, 3.63) is 53.6 Å². The van der Waals surface area contributed by atoms with Crippen LogP contribution in [0.25, 0.3) is 0 Å². The highest BCUT2D eigenvalue weighted by molar-refractivity contribution is 7.89. The van der Waals surface area contributed by atoms with Crippen molar-refractivity contribution < 1.29 is 22.6 Å². The first kappa shape index (κ1) is 23.5. The lowest BCUT2D eigenvalue weighted by atomic mass is 9.96. The average molecular weight is 474 g/mol. The number of hydrogen-bond donors (Lipinski definition) is 1. The molecular weight excluding hydrogens is 442 g/mol. The van der Waals surface area contributed by atoms with E-state index in [2.05, 4.69) is 9.73 Å². The molecule has 0 aromatic heterocycles. The van der Waals surface area contributed by atoms with Gasteiger partial charge in [0.25, 0.3) is 0 Å². The van der Waals surface area contributed by atoms with Crippen LogP contribution in [0, 0.1) is 6.92 Å². The van der Waals surface area contributed by atoms with Crippen LogP contribution in [0.3, 0.4) is 0 Å². The maximum absolute atomic E-state index is 12.7. The number of aryl methyl sites for hydroxylation is 1. The summed E-state index contributed by atoms with van der Waals surface area (Å²) < 4.78 is 44.4. The minimum atomic E-state index is -3.58. The van der Waals surface area contributed by atoms with Gasteiger partial charge in [-0.1, -0.05) is 23.8 Å². The number of ether oxygens (including phenoxy) is 3. The zero-order chi connectivity index (χ0) is 23.3. The molecule has 2 heterocycles. The van der Waals surface area contributed by atoms with Crippen LogP contribution in [-0.2, 0) is 14.8 Å². The van der Waals surface area contributed by atoms with Gasteiger partial charge in [-0.2, -0.15) is 5.10 Å². The summed E-state index contributed by atoms with van der Waals surface area (Å²) in [6, 6.07) is 12.9. The summed E-state index contributed by atoms with van der Waals surface area (Å²) in [5.41, 5.74) is 2.02. The van der Waals surface area contributed by atoms with E-state index in [-0.39, 0.29) is 30.2 Å². The van der Waals surface area contributed by atoms with Gasteiger partial charge in [0.05, 0.1) is 17.5 Å². The van der Waals surface area contributed by atoms with Crippen molar-refractivity contribution >= 4 is 16.2 Å². The SMILES string of the molecule is COC[C@@H]1CCCN1/N=C/[C@H](CCNS(=O)(=O)c1ccc(C)cc1)c1ccc2c(c1)OCO2. The lowest BCUT2D eigenvalue weighted by molar-refractivity contribution is 0.118. The zero-order valence-electron chi connectivity index (χ0n) is 19.1. The minimum absolute atomic E-state index is 0.0935. The molecule has 8 nitrogen and oxygen atoms in total. The highest BCUT2D eigenvalue weighted by Crippen LogP contribution is 2.35. The number of nitrogens with zero attached hydrogens (tertiary/aromatic N) is 2. The molecule has 0 saturated carbocycles. The third-order valence-electron chi connectivity index (χ3n) is 6.00. The fraction of sp³-hybridized carbons (Fsp3) is 0.458. The van der Waals surface area contributed by atoms with Crippen molar-refractivity contribution in [3.63, 3.8) is 0 Å². The maximum atomic E-state index is 12.7. The number of methoxy groups -OCH3 is 1. The monoisotopic (exact) mass is 473 g/mol. The second-order valence-corrected chi connectivity index (χ2v) is 10.2. The van der Waals surface area contributed by atoms with Gasteiger partial charge in [-0.15, -0.1) is 0 Å². The van der Waals surface area contributed by atoms with Gasteiger partial charge in [0, 0.05) is 32.3 Å². The molecule has 2 aromatic carbocycles. The van der Waals surface area contributed by atoms with Crippen molar-refractivity contribution in [1.82, 2.24) is 9.73 Å². The molecule has 1 N–H and O–H groups in total. The smallest absolute Gasteiger partial charge is 0.240 e. The Morgan fingerprint density at radius 3 is 2.79 bits per heavy atom. The molecule has 2 aliphatic rings. The molecule has 2 aromatic rings. The summed E-state index contributed by atoms with van der Waals surface area (Å²) in [6.45, 7) is 3.95. The predicted molar refractivity (Wildman–Crippen MR) is 126 cm³/mol. The maximum Gasteiger partial charge on any atom is 0.240 e. The number of nitrogens with one attached hydrogen (secondary N) is 1. The Hall–Kier alpha value is -2.62. The lowest BCUT2D eigenvalue weighted by Gasteiger charge is -2.22. The van der Waals surface area contributed by atoms with Gasteiger partial charge in [0.1, 0.15) is 0 Å². The summed E-state index contributed by atoms with van der Waals surface area (Å²) >= 11 is 0. The molecule has 0 radical (unpaired) electrons. The van der Waals surface area contributed by atoms with Crippen LogP contribution in [0.15, 0.2) is 52.5 Å². The summed E-state index contributed by atoms with van der Waals surface area (Å²) in [4.78, 5) is 0.265. The average Bonchev–Trinajstić information content (AvgIpc) is 3.45. The molecule has 2 aliphatic heterocycles. The molecule has 0 unspecified atom stereocenters. The molecule has 178 valence electrons. The van der Waals surface area contributed by atoms with E-state index in [1.807, 2.05) is 31.3 Å². The zero-order valence-corrected chi connectivity index (χ0v) is 19.9. The lowest BCUT2D eigenvalue weighted by Crippen LogP contribution is -2.29. The van der Waals surface area contributed by atoms with Gasteiger partial charge in [0.2, 0.25) is 16.8 Å². The molecule has 0 aliphatic carbocycles. The fourth-order valence-corrected chi connectivity index (χ4v) is 5.17. The Kier molecular flexibility index (Phi) is 7.52. The molecule has 2 atom stereocenters. The largest absolute Gasteiger partial charge is 0.454 e. The first-order valence-electron chi connectivity index (χ1n) is 11.2. The first-order valence-corrected chi connectivity index (χ1v) is 12.7. The van der Waals surface area contributed by atoms with Crippen LogP contribution >= 0.6 is 0 Å². The Labute approximate surface area is 195 Å². The van der Waals surface area contributed by atoms with Crippen molar-refractivity contribution in [2.24, 2.45) is 5.10 Å². The van der Waals surface area contributed by atoms with Crippen LogP contribution in [0.1, 0.15) is 36.3 Å². The van der Waals surface area contributed by atoms with E-state index >= 15 is 0 Å². The van der Waals surface area contributed by atoms with Crippen molar-refractivity contribution in [2.45, 2.75) is 43.0 Å². The molecule has 0 spiro atoms. The Bertz CT molecular complexity index is 1070. The van der Waals surface area contributed by atoms with Gasteiger partial charge in [0.15, 0.2) is 11.5 Å². The molecule has 0 bridgehead atoms. The Morgan fingerprint density at radius 2 is 2.00 bits per heavy atom. The number of fused-ring (bicyclic) bond motifs is 1. The topological polar surface area (TPSA) is 89.5 Å².